The molecule has 4 rings (SSSR count). The van der Waals surface area contributed by atoms with Gasteiger partial charge in [-0.3, -0.25) is 19.2 Å². The second-order valence-electron chi connectivity index (χ2n) is 9.35. The molecule has 230 valence electrons. The lowest BCUT2D eigenvalue weighted by Crippen LogP contribution is -2.61. The van der Waals surface area contributed by atoms with Gasteiger partial charge in [0.25, 0.3) is 23.6 Å². The minimum absolute atomic E-state index is 0.149. The van der Waals surface area contributed by atoms with Gasteiger partial charge in [-0.25, -0.2) is 19.2 Å². The summed E-state index contributed by atoms with van der Waals surface area (Å²) >= 11 is 0. The van der Waals surface area contributed by atoms with Crippen molar-refractivity contribution in [3.63, 3.8) is 0 Å². The Balaban J connectivity index is 1.58. The lowest BCUT2D eigenvalue weighted by atomic mass is 10.1. The molecule has 0 aliphatic carbocycles. The normalized spacial score (nSPS) is 15.8. The third-order valence-electron chi connectivity index (χ3n) is 6.19. The quantitative estimate of drug-likeness (QED) is 0.339. The van der Waals surface area contributed by atoms with Gasteiger partial charge in [0.05, 0.1) is 0 Å². The Hall–Kier alpha value is -5.80. The van der Waals surface area contributed by atoms with Crippen molar-refractivity contribution in [2.75, 3.05) is 0 Å². The van der Waals surface area contributed by atoms with Crippen LogP contribution in [0.2, 0.25) is 0 Å². The molecular weight excluding hydrogens is 584 g/mol. The number of carbonyl (C=O) groups excluding carboxylic acids is 8. The summed E-state index contributed by atoms with van der Waals surface area (Å²) in [5.41, 5.74) is 1.11. The Morgan fingerprint density at radius 3 is 1.20 bits per heavy atom. The molecule has 0 bridgehead atoms. The topological polar surface area (TPSA) is 204 Å². The summed E-state index contributed by atoms with van der Waals surface area (Å²) in [5.74, 6) is -6.66. The van der Waals surface area contributed by atoms with E-state index in [0.29, 0.717) is 11.1 Å². The second kappa shape index (κ2) is 14.4. The highest BCUT2D eigenvalue weighted by atomic mass is 16.7. The molecule has 2 aliphatic rings. The minimum Gasteiger partial charge on any atom is -0.445 e. The molecule has 16 nitrogen and oxygen atoms in total. The van der Waals surface area contributed by atoms with Crippen LogP contribution in [0.4, 0.5) is 9.59 Å². The van der Waals surface area contributed by atoms with Crippen molar-refractivity contribution in [1.29, 1.82) is 0 Å². The molecule has 0 unspecified atom stereocenters. The zero-order chi connectivity index (χ0) is 31.6. The van der Waals surface area contributed by atoms with Crippen molar-refractivity contribution in [1.82, 2.24) is 20.8 Å². The van der Waals surface area contributed by atoms with Crippen LogP contribution in [0.5, 0.6) is 0 Å². The van der Waals surface area contributed by atoms with Crippen molar-refractivity contribution in [2.45, 2.75) is 51.0 Å². The van der Waals surface area contributed by atoms with Gasteiger partial charge in [-0.2, -0.15) is 0 Å². The van der Waals surface area contributed by atoms with Gasteiger partial charge in [0.1, 0.15) is 13.2 Å². The molecule has 2 aromatic rings. The SMILES string of the molecule is O=C(N[C@H](C(=O)ON1C(=O)CCC1=O)[C@@H](NC(=O)OCc1ccccc1)C(=O)ON1C(=O)CCC1=O)OCc1ccccc1. The van der Waals surface area contributed by atoms with Crippen LogP contribution in [0.1, 0.15) is 36.8 Å². The van der Waals surface area contributed by atoms with Crippen LogP contribution in [0.25, 0.3) is 0 Å². The number of rotatable bonds is 11. The third-order valence-corrected chi connectivity index (χ3v) is 6.19. The van der Waals surface area contributed by atoms with Crippen LogP contribution >= 0.6 is 0 Å². The van der Waals surface area contributed by atoms with Crippen molar-refractivity contribution in [3.05, 3.63) is 71.8 Å². The first-order valence-corrected chi connectivity index (χ1v) is 13.2. The molecular formula is C28H26N4O12. The van der Waals surface area contributed by atoms with Crippen molar-refractivity contribution >= 4 is 47.8 Å². The molecule has 0 saturated carbocycles. The molecule has 44 heavy (non-hydrogen) atoms. The molecule has 2 saturated heterocycles. The predicted octanol–water partition coefficient (Wildman–Crippen LogP) is 0.791. The number of carbonyl (C=O) groups is 8. The predicted molar refractivity (Wildman–Crippen MR) is 141 cm³/mol. The first-order valence-electron chi connectivity index (χ1n) is 13.2. The van der Waals surface area contributed by atoms with Gasteiger partial charge >= 0.3 is 24.1 Å². The fraction of sp³-hybridized carbons (Fsp3) is 0.286. The number of ether oxygens (including phenoxy) is 2. The maximum Gasteiger partial charge on any atom is 0.408 e. The number of benzene rings is 2. The summed E-state index contributed by atoms with van der Waals surface area (Å²) in [6.45, 7) is -0.564. The van der Waals surface area contributed by atoms with Crippen molar-refractivity contribution < 1.29 is 57.5 Å². The van der Waals surface area contributed by atoms with Crippen LogP contribution in [-0.4, -0.2) is 70.0 Å². The smallest absolute Gasteiger partial charge is 0.408 e. The highest BCUT2D eigenvalue weighted by Gasteiger charge is 2.45. The number of hydrogen-bond donors (Lipinski definition) is 2. The number of hydroxylamine groups is 4. The standard InChI is InChI=1S/C28H26N4O12/c33-19-11-12-20(34)31(19)43-25(37)23(29-27(39)41-15-17-7-3-1-4-8-17)24(26(38)44-32-21(35)13-14-22(32)36)30-28(40)42-16-18-9-5-2-6-10-18/h1-10,23-24H,11-16H2,(H,29,39)(H,30,40)/t23-,24+. The summed E-state index contributed by atoms with van der Waals surface area (Å²) in [7, 11) is 0. The van der Waals surface area contributed by atoms with E-state index in [9.17, 15) is 38.4 Å². The fourth-order valence-electron chi connectivity index (χ4n) is 3.95. The Bertz CT molecular complexity index is 1310. The molecule has 2 atom stereocenters. The Morgan fingerprint density at radius 1 is 0.568 bits per heavy atom. The van der Waals surface area contributed by atoms with E-state index in [1.54, 1.807) is 60.7 Å². The average molecular weight is 611 g/mol. The Morgan fingerprint density at radius 2 is 0.886 bits per heavy atom. The maximum atomic E-state index is 13.3. The molecule has 0 spiro atoms. The molecule has 2 N–H and O–H groups in total. The molecule has 6 amide bonds. The number of nitrogens with one attached hydrogen (secondary N) is 2. The van der Waals surface area contributed by atoms with E-state index in [0.717, 1.165) is 0 Å². The van der Waals surface area contributed by atoms with E-state index in [2.05, 4.69) is 10.6 Å². The lowest BCUT2D eigenvalue weighted by Gasteiger charge is -2.27. The van der Waals surface area contributed by atoms with Crippen LogP contribution in [-0.2, 0) is 61.1 Å². The van der Waals surface area contributed by atoms with Gasteiger partial charge in [-0.05, 0) is 11.1 Å². The number of hydrogen-bond acceptors (Lipinski definition) is 12. The lowest BCUT2D eigenvalue weighted by molar-refractivity contribution is -0.204. The average Bonchev–Trinajstić information content (AvgIpc) is 3.51. The van der Waals surface area contributed by atoms with E-state index in [-0.39, 0.29) is 49.0 Å². The Kier molecular flexibility index (Phi) is 10.2. The zero-order valence-electron chi connectivity index (χ0n) is 23.0. The van der Waals surface area contributed by atoms with E-state index in [1.807, 2.05) is 0 Å². The number of nitrogens with zero attached hydrogens (tertiary/aromatic N) is 2. The number of imide groups is 2. The first-order chi connectivity index (χ1) is 21.1. The summed E-state index contributed by atoms with van der Waals surface area (Å²) < 4.78 is 10.2. The maximum absolute atomic E-state index is 13.3. The molecule has 16 heteroatoms. The van der Waals surface area contributed by atoms with Crippen LogP contribution in [0.15, 0.2) is 60.7 Å². The summed E-state index contributed by atoms with van der Waals surface area (Å²) in [6, 6.07) is 12.3. The Labute approximate surface area is 249 Å². The molecule has 2 aliphatic heterocycles. The molecule has 0 aromatic heterocycles. The van der Waals surface area contributed by atoms with Gasteiger partial charge in [-0.1, -0.05) is 60.7 Å². The van der Waals surface area contributed by atoms with Crippen LogP contribution in [0, 0.1) is 0 Å². The van der Waals surface area contributed by atoms with Gasteiger partial charge in [0.2, 0.25) is 0 Å². The molecule has 0 radical (unpaired) electrons. The largest absolute Gasteiger partial charge is 0.445 e. The highest BCUT2D eigenvalue weighted by Crippen LogP contribution is 2.17. The minimum atomic E-state index is -2.23. The van der Waals surface area contributed by atoms with E-state index < -0.39 is 59.8 Å². The van der Waals surface area contributed by atoms with Crippen LogP contribution < -0.4 is 10.6 Å². The van der Waals surface area contributed by atoms with Gasteiger partial charge in [-0.15, -0.1) is 10.1 Å². The second-order valence-corrected chi connectivity index (χ2v) is 9.35. The summed E-state index contributed by atoms with van der Waals surface area (Å²) in [5, 5.41) is 4.40. The summed E-state index contributed by atoms with van der Waals surface area (Å²) in [4.78, 5) is 110. The van der Waals surface area contributed by atoms with E-state index in [4.69, 9.17) is 19.1 Å². The van der Waals surface area contributed by atoms with Gasteiger partial charge < -0.3 is 29.8 Å². The fourth-order valence-corrected chi connectivity index (χ4v) is 3.95. The molecule has 2 fully saturated rings. The van der Waals surface area contributed by atoms with Crippen LogP contribution in [0.3, 0.4) is 0 Å². The number of amides is 6. The third kappa shape index (κ3) is 8.15. The molecule has 2 heterocycles. The first kappa shape index (κ1) is 31.1. The van der Waals surface area contributed by atoms with Crippen molar-refractivity contribution in [2.24, 2.45) is 0 Å². The van der Waals surface area contributed by atoms with Gasteiger partial charge in [0.15, 0.2) is 12.1 Å². The summed E-state index contributed by atoms with van der Waals surface area (Å²) in [6.07, 6.45) is -3.65. The van der Waals surface area contributed by atoms with E-state index >= 15 is 0 Å². The highest BCUT2D eigenvalue weighted by molar-refractivity contribution is 6.03. The van der Waals surface area contributed by atoms with Crippen molar-refractivity contribution in [3.8, 4) is 0 Å². The monoisotopic (exact) mass is 610 g/mol. The van der Waals surface area contributed by atoms with Gasteiger partial charge in [0, 0.05) is 25.7 Å². The zero-order valence-corrected chi connectivity index (χ0v) is 23.0. The number of alkyl carbamates (subject to hydrolysis) is 2. The molecule has 2 aromatic carbocycles. The van der Waals surface area contributed by atoms with E-state index in [1.165, 1.54) is 0 Å².